The number of fused-ring (bicyclic) bond motifs is 1. The fourth-order valence-electron chi connectivity index (χ4n) is 3.37. The molecule has 1 aliphatic rings. The second-order valence-corrected chi connectivity index (χ2v) is 8.40. The number of benzene rings is 3. The first kappa shape index (κ1) is 23.2. The molecule has 33 heavy (non-hydrogen) atoms. The highest BCUT2D eigenvalue weighted by molar-refractivity contribution is 7.80. The van der Waals surface area contributed by atoms with Crippen LogP contribution in [0.5, 0.6) is 0 Å². The summed E-state index contributed by atoms with van der Waals surface area (Å²) in [5.41, 5.74) is 2.16. The zero-order chi connectivity index (χ0) is 23.4. The average molecular weight is 500 g/mol. The number of hydrogen-bond donors (Lipinski definition) is 1. The molecule has 1 N–H and O–H groups in total. The minimum Gasteiger partial charge on any atom is -0.328 e. The van der Waals surface area contributed by atoms with Crippen molar-refractivity contribution in [3.63, 3.8) is 0 Å². The van der Waals surface area contributed by atoms with Crippen LogP contribution < -0.4 is 5.32 Å². The number of imide groups is 1. The number of nitrogens with zero attached hydrogens (tertiary/aromatic N) is 2. The van der Waals surface area contributed by atoms with E-state index in [1.54, 1.807) is 42.5 Å². The minimum atomic E-state index is -0.341. The van der Waals surface area contributed by atoms with Gasteiger partial charge in [0.15, 0.2) is 5.11 Å². The van der Waals surface area contributed by atoms with E-state index in [1.165, 1.54) is 9.96 Å². The lowest BCUT2D eigenvalue weighted by Gasteiger charge is -2.27. The van der Waals surface area contributed by atoms with E-state index in [4.69, 9.17) is 40.3 Å². The largest absolute Gasteiger partial charge is 0.328 e. The molecule has 0 saturated heterocycles. The van der Waals surface area contributed by atoms with Gasteiger partial charge in [-0.1, -0.05) is 71.7 Å². The summed E-state index contributed by atoms with van der Waals surface area (Å²) in [6.45, 7) is 0.465. The van der Waals surface area contributed by atoms with Crippen LogP contribution in [0.15, 0.2) is 72.8 Å². The first-order chi connectivity index (χ1) is 16.0. The van der Waals surface area contributed by atoms with Crippen molar-refractivity contribution >= 4 is 58.0 Å². The standard InChI is InChI=1S/C24H19Cl2N3O3S/c25-19-11-6-12-20(26)21(19)27-24(33)29(32-15-16-7-2-1-3-8-16)14-13-28-22(30)17-9-4-5-10-18(17)23(28)31/h1-12H,13-15H2,(H,27,33). The van der Waals surface area contributed by atoms with Gasteiger partial charge >= 0.3 is 0 Å². The Morgan fingerprint density at radius 1 is 0.879 bits per heavy atom. The van der Waals surface area contributed by atoms with Crippen LogP contribution in [0, 0.1) is 0 Å². The van der Waals surface area contributed by atoms with E-state index in [2.05, 4.69) is 5.32 Å². The fraction of sp³-hybridized carbons (Fsp3) is 0.125. The van der Waals surface area contributed by atoms with Crippen molar-refractivity contribution in [1.82, 2.24) is 9.96 Å². The summed E-state index contributed by atoms with van der Waals surface area (Å²) in [6.07, 6.45) is 0. The van der Waals surface area contributed by atoms with E-state index in [0.29, 0.717) is 26.9 Å². The third-order valence-electron chi connectivity index (χ3n) is 5.06. The molecule has 0 bridgehead atoms. The number of para-hydroxylation sites is 1. The van der Waals surface area contributed by atoms with Gasteiger partial charge in [-0.2, -0.15) is 0 Å². The minimum absolute atomic E-state index is 0.0825. The molecule has 0 atom stereocenters. The molecule has 1 heterocycles. The summed E-state index contributed by atoms with van der Waals surface area (Å²) in [5, 5.41) is 5.42. The molecule has 3 aromatic carbocycles. The number of carbonyl (C=O) groups excluding carboxylic acids is 2. The number of hydroxylamine groups is 2. The summed E-state index contributed by atoms with van der Waals surface area (Å²) in [6, 6.07) is 21.4. The van der Waals surface area contributed by atoms with Crippen molar-refractivity contribution in [2.45, 2.75) is 6.61 Å². The molecule has 0 aliphatic carbocycles. The third-order valence-corrected chi connectivity index (χ3v) is 5.99. The van der Waals surface area contributed by atoms with Crippen molar-refractivity contribution < 1.29 is 14.4 Å². The smallest absolute Gasteiger partial charge is 0.261 e. The van der Waals surface area contributed by atoms with Crippen LogP contribution in [0.3, 0.4) is 0 Å². The molecule has 9 heteroatoms. The van der Waals surface area contributed by atoms with Crippen molar-refractivity contribution in [2.75, 3.05) is 18.4 Å². The second-order valence-electron chi connectivity index (χ2n) is 7.20. The van der Waals surface area contributed by atoms with Gasteiger partial charge in [0.25, 0.3) is 11.8 Å². The van der Waals surface area contributed by atoms with Crippen LogP contribution in [0.4, 0.5) is 5.69 Å². The highest BCUT2D eigenvalue weighted by Gasteiger charge is 2.35. The summed E-state index contributed by atoms with van der Waals surface area (Å²) in [4.78, 5) is 32.6. The number of anilines is 1. The molecule has 168 valence electrons. The number of carbonyl (C=O) groups is 2. The van der Waals surface area contributed by atoms with Gasteiger partial charge in [0.1, 0.15) is 6.61 Å². The maximum absolute atomic E-state index is 12.7. The summed E-state index contributed by atoms with van der Waals surface area (Å²) in [7, 11) is 0. The van der Waals surface area contributed by atoms with E-state index in [1.807, 2.05) is 30.3 Å². The first-order valence-corrected chi connectivity index (χ1v) is 11.3. The number of rotatable bonds is 7. The Labute approximate surface area is 206 Å². The van der Waals surface area contributed by atoms with Crippen molar-refractivity contribution in [3.05, 3.63) is 99.5 Å². The van der Waals surface area contributed by atoms with Gasteiger partial charge in [-0.3, -0.25) is 19.3 Å². The molecule has 1 aliphatic heterocycles. The molecule has 0 unspecified atom stereocenters. The molecule has 0 radical (unpaired) electrons. The van der Waals surface area contributed by atoms with Crippen molar-refractivity contribution in [2.24, 2.45) is 0 Å². The Kier molecular flexibility index (Phi) is 7.25. The number of nitrogens with one attached hydrogen (secondary N) is 1. The van der Waals surface area contributed by atoms with Crippen molar-refractivity contribution in [3.8, 4) is 0 Å². The maximum Gasteiger partial charge on any atom is 0.261 e. The number of hydrogen-bond acceptors (Lipinski definition) is 4. The lowest BCUT2D eigenvalue weighted by molar-refractivity contribution is -0.110. The first-order valence-electron chi connectivity index (χ1n) is 10.1. The Morgan fingerprint density at radius 2 is 1.45 bits per heavy atom. The molecule has 2 amide bonds. The topological polar surface area (TPSA) is 61.9 Å². The van der Waals surface area contributed by atoms with Gasteiger partial charge in [-0.25, -0.2) is 5.06 Å². The predicted molar refractivity (Wildman–Crippen MR) is 132 cm³/mol. The Hall–Kier alpha value is -2.97. The number of halogens is 2. The quantitative estimate of drug-likeness (QED) is 0.266. The Morgan fingerprint density at radius 3 is 2.06 bits per heavy atom. The molecule has 0 aromatic heterocycles. The molecule has 3 aromatic rings. The molecule has 4 rings (SSSR count). The van der Waals surface area contributed by atoms with E-state index in [9.17, 15) is 9.59 Å². The average Bonchev–Trinajstić information content (AvgIpc) is 3.07. The number of thiocarbonyl (C=S) groups is 1. The second kappa shape index (κ2) is 10.3. The van der Waals surface area contributed by atoms with Crippen molar-refractivity contribution in [1.29, 1.82) is 0 Å². The van der Waals surface area contributed by atoms with Crippen LogP contribution in [0.25, 0.3) is 0 Å². The maximum atomic E-state index is 12.7. The van der Waals surface area contributed by atoms with E-state index in [-0.39, 0.29) is 36.6 Å². The summed E-state index contributed by atoms with van der Waals surface area (Å²) >= 11 is 18.1. The molecule has 6 nitrogen and oxygen atoms in total. The number of amides is 2. The molecule has 0 spiro atoms. The lowest BCUT2D eigenvalue weighted by atomic mass is 10.1. The van der Waals surface area contributed by atoms with Crippen LogP contribution in [0.1, 0.15) is 26.3 Å². The van der Waals surface area contributed by atoms with Gasteiger partial charge in [-0.15, -0.1) is 0 Å². The normalized spacial score (nSPS) is 12.6. The highest BCUT2D eigenvalue weighted by Crippen LogP contribution is 2.30. The fourth-order valence-corrected chi connectivity index (χ4v) is 4.11. The zero-order valence-electron chi connectivity index (χ0n) is 17.3. The van der Waals surface area contributed by atoms with Crippen LogP contribution in [-0.4, -0.2) is 40.0 Å². The molecule has 0 saturated carbocycles. The van der Waals surface area contributed by atoms with E-state index in [0.717, 1.165) is 5.56 Å². The molecule has 0 fully saturated rings. The van der Waals surface area contributed by atoms with E-state index >= 15 is 0 Å². The van der Waals surface area contributed by atoms with Gasteiger partial charge in [0.05, 0.1) is 33.4 Å². The summed E-state index contributed by atoms with van der Waals surface area (Å²) in [5.74, 6) is -0.682. The predicted octanol–water partition coefficient (Wildman–Crippen LogP) is 5.42. The van der Waals surface area contributed by atoms with Gasteiger partial charge < -0.3 is 5.32 Å². The lowest BCUT2D eigenvalue weighted by Crippen LogP contribution is -2.42. The highest BCUT2D eigenvalue weighted by atomic mass is 35.5. The zero-order valence-corrected chi connectivity index (χ0v) is 19.7. The monoisotopic (exact) mass is 499 g/mol. The Bertz CT molecular complexity index is 1150. The van der Waals surface area contributed by atoms with Gasteiger partial charge in [0.2, 0.25) is 0 Å². The Balaban J connectivity index is 1.49. The van der Waals surface area contributed by atoms with Crippen LogP contribution in [0.2, 0.25) is 10.0 Å². The summed E-state index contributed by atoms with van der Waals surface area (Å²) < 4.78 is 0. The van der Waals surface area contributed by atoms with Crippen LogP contribution in [-0.2, 0) is 11.4 Å². The molecular weight excluding hydrogens is 481 g/mol. The molecular formula is C24H19Cl2N3O3S. The van der Waals surface area contributed by atoms with Gasteiger partial charge in [0, 0.05) is 6.54 Å². The van der Waals surface area contributed by atoms with Crippen LogP contribution >= 0.6 is 35.4 Å². The SMILES string of the molecule is O=C1c2ccccc2C(=O)N1CCN(OCc1ccccc1)C(=S)Nc1c(Cl)cccc1Cl. The van der Waals surface area contributed by atoms with E-state index < -0.39 is 0 Å². The third kappa shape index (κ3) is 5.17. The van der Waals surface area contributed by atoms with Gasteiger partial charge in [-0.05, 0) is 42.0 Å².